The van der Waals surface area contributed by atoms with Gasteiger partial charge in [0.15, 0.2) is 0 Å². The van der Waals surface area contributed by atoms with Crippen LogP contribution in [0, 0.1) is 0 Å². The van der Waals surface area contributed by atoms with E-state index >= 15 is 0 Å². The summed E-state index contributed by atoms with van der Waals surface area (Å²) in [5.74, 6) is -0.331. The van der Waals surface area contributed by atoms with E-state index < -0.39 is 10.0 Å². The first-order chi connectivity index (χ1) is 14.5. The second kappa shape index (κ2) is 8.72. The third-order valence-electron chi connectivity index (χ3n) is 5.04. The Bertz CT molecular complexity index is 1110. The van der Waals surface area contributed by atoms with Crippen LogP contribution < -0.4 is 5.32 Å². The highest BCUT2D eigenvalue weighted by Gasteiger charge is 2.25. The Morgan fingerprint density at radius 2 is 1.70 bits per heavy atom. The van der Waals surface area contributed by atoms with Crippen LogP contribution in [-0.4, -0.2) is 51.9 Å². The lowest BCUT2D eigenvalue weighted by atomic mass is 10.2. The van der Waals surface area contributed by atoms with Gasteiger partial charge in [0, 0.05) is 24.3 Å². The summed E-state index contributed by atoms with van der Waals surface area (Å²) >= 11 is 0. The Morgan fingerprint density at radius 3 is 2.37 bits per heavy atom. The van der Waals surface area contributed by atoms with Crippen molar-refractivity contribution in [3.63, 3.8) is 0 Å². The highest BCUT2D eigenvalue weighted by atomic mass is 32.2. The van der Waals surface area contributed by atoms with Gasteiger partial charge in [0.25, 0.3) is 5.91 Å². The third-order valence-corrected chi connectivity index (χ3v) is 6.95. The van der Waals surface area contributed by atoms with Gasteiger partial charge >= 0.3 is 0 Å². The first kappa shape index (κ1) is 20.2. The van der Waals surface area contributed by atoms with E-state index in [0.717, 1.165) is 25.7 Å². The number of sulfonamides is 1. The van der Waals surface area contributed by atoms with Crippen molar-refractivity contribution < 1.29 is 13.2 Å². The number of rotatable bonds is 5. The van der Waals surface area contributed by atoms with Crippen molar-refractivity contribution in [2.45, 2.75) is 30.6 Å². The number of carbonyl (C=O) groups is 1. The van der Waals surface area contributed by atoms with E-state index in [4.69, 9.17) is 0 Å². The maximum Gasteiger partial charge on any atom is 0.255 e. The molecule has 0 aliphatic carbocycles. The van der Waals surface area contributed by atoms with Gasteiger partial charge in [-0.05, 0) is 65.7 Å². The Hall–Kier alpha value is -3.11. The zero-order chi connectivity index (χ0) is 21.0. The number of hydrogen-bond acceptors (Lipinski definition) is 6. The van der Waals surface area contributed by atoms with Crippen LogP contribution in [0.4, 0.5) is 5.69 Å². The fourth-order valence-corrected chi connectivity index (χ4v) is 4.94. The third kappa shape index (κ3) is 4.39. The van der Waals surface area contributed by atoms with E-state index in [0.29, 0.717) is 30.0 Å². The number of amides is 1. The van der Waals surface area contributed by atoms with Crippen molar-refractivity contribution >= 4 is 21.6 Å². The summed E-state index contributed by atoms with van der Waals surface area (Å²) < 4.78 is 28.8. The number of benzene rings is 2. The SMILES string of the molecule is O=C(Nc1cccc(-n2cnnn2)c1)c1ccc(S(=O)(=O)N2CCCCCC2)cc1. The fourth-order valence-electron chi connectivity index (χ4n) is 3.42. The van der Waals surface area contributed by atoms with Crippen LogP contribution in [-0.2, 0) is 10.0 Å². The van der Waals surface area contributed by atoms with Crippen molar-refractivity contribution in [1.29, 1.82) is 0 Å². The molecule has 1 aliphatic rings. The average Bonchev–Trinajstić information content (AvgIpc) is 3.16. The molecule has 4 rings (SSSR count). The largest absolute Gasteiger partial charge is 0.322 e. The van der Waals surface area contributed by atoms with Crippen molar-refractivity contribution in [2.24, 2.45) is 0 Å². The van der Waals surface area contributed by atoms with E-state index in [9.17, 15) is 13.2 Å². The number of tetrazole rings is 1. The van der Waals surface area contributed by atoms with Gasteiger partial charge in [-0.3, -0.25) is 4.79 Å². The van der Waals surface area contributed by atoms with Gasteiger partial charge in [0.1, 0.15) is 6.33 Å². The van der Waals surface area contributed by atoms with E-state index in [-0.39, 0.29) is 10.8 Å². The maximum absolute atomic E-state index is 12.9. The van der Waals surface area contributed by atoms with Crippen molar-refractivity contribution in [3.05, 3.63) is 60.4 Å². The number of nitrogens with one attached hydrogen (secondary N) is 1. The summed E-state index contributed by atoms with van der Waals surface area (Å²) in [6.07, 6.45) is 5.33. The van der Waals surface area contributed by atoms with Crippen LogP contribution >= 0.6 is 0 Å². The summed E-state index contributed by atoms with van der Waals surface area (Å²) in [7, 11) is -3.54. The first-order valence-corrected chi connectivity index (χ1v) is 11.2. The van der Waals surface area contributed by atoms with E-state index in [1.54, 1.807) is 22.5 Å². The highest BCUT2D eigenvalue weighted by molar-refractivity contribution is 7.89. The van der Waals surface area contributed by atoms with Gasteiger partial charge in [-0.1, -0.05) is 18.9 Å². The molecule has 30 heavy (non-hydrogen) atoms. The number of hydrogen-bond donors (Lipinski definition) is 1. The normalized spacial score (nSPS) is 15.5. The summed E-state index contributed by atoms with van der Waals surface area (Å²) in [6.45, 7) is 1.09. The zero-order valence-corrected chi connectivity index (χ0v) is 17.1. The summed E-state index contributed by atoms with van der Waals surface area (Å²) in [4.78, 5) is 12.8. The Balaban J connectivity index is 1.47. The fraction of sp³-hybridized carbons (Fsp3) is 0.300. The van der Waals surface area contributed by atoms with Gasteiger partial charge < -0.3 is 5.32 Å². The molecule has 2 aromatic carbocycles. The molecule has 0 radical (unpaired) electrons. The minimum Gasteiger partial charge on any atom is -0.322 e. The van der Waals surface area contributed by atoms with Gasteiger partial charge in [-0.15, -0.1) is 5.10 Å². The predicted octanol–water partition coefficient (Wildman–Crippen LogP) is 2.48. The zero-order valence-electron chi connectivity index (χ0n) is 16.3. The molecule has 1 N–H and O–H groups in total. The lowest BCUT2D eigenvalue weighted by Crippen LogP contribution is -2.31. The number of aromatic nitrogens is 4. The maximum atomic E-state index is 12.9. The quantitative estimate of drug-likeness (QED) is 0.671. The number of anilines is 1. The van der Waals surface area contributed by atoms with Crippen LogP contribution in [0.25, 0.3) is 5.69 Å². The van der Waals surface area contributed by atoms with Gasteiger partial charge in [-0.2, -0.15) is 4.31 Å². The van der Waals surface area contributed by atoms with Crippen LogP contribution in [0.1, 0.15) is 36.0 Å². The Labute approximate surface area is 174 Å². The number of nitrogens with zero attached hydrogens (tertiary/aromatic N) is 5. The molecule has 0 unspecified atom stereocenters. The van der Waals surface area contributed by atoms with Crippen molar-refractivity contribution in [2.75, 3.05) is 18.4 Å². The Morgan fingerprint density at radius 1 is 0.967 bits per heavy atom. The molecule has 156 valence electrons. The molecule has 2 heterocycles. The molecule has 3 aromatic rings. The molecule has 1 aromatic heterocycles. The van der Waals surface area contributed by atoms with Crippen LogP contribution in [0.15, 0.2) is 59.8 Å². The molecular formula is C20H22N6O3S. The Kier molecular flexibility index (Phi) is 5.86. The minimum absolute atomic E-state index is 0.210. The average molecular weight is 427 g/mol. The molecule has 0 saturated carbocycles. The summed E-state index contributed by atoms with van der Waals surface area (Å²) in [6, 6.07) is 13.1. The van der Waals surface area contributed by atoms with Gasteiger partial charge in [0.05, 0.1) is 10.6 Å². The van der Waals surface area contributed by atoms with E-state index in [2.05, 4.69) is 20.8 Å². The molecule has 0 bridgehead atoms. The first-order valence-electron chi connectivity index (χ1n) is 9.79. The predicted molar refractivity (Wildman–Crippen MR) is 111 cm³/mol. The van der Waals surface area contributed by atoms with Crippen molar-refractivity contribution in [3.8, 4) is 5.69 Å². The molecule has 0 atom stereocenters. The lowest BCUT2D eigenvalue weighted by Gasteiger charge is -2.20. The standard InChI is InChI=1S/C20H22N6O3S/c27-20(22-17-6-5-7-18(14-17)26-15-21-23-24-26)16-8-10-19(11-9-16)30(28,29)25-12-3-1-2-4-13-25/h5-11,14-15H,1-4,12-13H2,(H,22,27). The second-order valence-electron chi connectivity index (χ2n) is 7.10. The monoisotopic (exact) mass is 426 g/mol. The van der Waals surface area contributed by atoms with Crippen LogP contribution in [0.5, 0.6) is 0 Å². The molecule has 1 saturated heterocycles. The molecule has 10 heteroatoms. The second-order valence-corrected chi connectivity index (χ2v) is 9.04. The summed E-state index contributed by atoms with van der Waals surface area (Å²) in [5.41, 5.74) is 1.66. The van der Waals surface area contributed by atoms with Gasteiger partial charge in [-0.25, -0.2) is 13.1 Å². The van der Waals surface area contributed by atoms with E-state index in [1.807, 2.05) is 6.07 Å². The molecule has 9 nitrogen and oxygen atoms in total. The van der Waals surface area contributed by atoms with Crippen LogP contribution in [0.2, 0.25) is 0 Å². The van der Waals surface area contributed by atoms with E-state index in [1.165, 1.54) is 35.3 Å². The smallest absolute Gasteiger partial charge is 0.255 e. The minimum atomic E-state index is -3.54. The molecule has 1 fully saturated rings. The van der Waals surface area contributed by atoms with Crippen LogP contribution in [0.3, 0.4) is 0 Å². The highest BCUT2D eigenvalue weighted by Crippen LogP contribution is 2.21. The molecular weight excluding hydrogens is 404 g/mol. The van der Waals surface area contributed by atoms with Gasteiger partial charge in [0.2, 0.25) is 10.0 Å². The molecule has 1 amide bonds. The summed E-state index contributed by atoms with van der Waals surface area (Å²) in [5, 5.41) is 13.8. The number of carbonyl (C=O) groups excluding carboxylic acids is 1. The molecule has 1 aliphatic heterocycles. The topological polar surface area (TPSA) is 110 Å². The lowest BCUT2D eigenvalue weighted by molar-refractivity contribution is 0.102. The van der Waals surface area contributed by atoms with Crippen molar-refractivity contribution in [1.82, 2.24) is 24.5 Å². The molecule has 0 spiro atoms.